The van der Waals surface area contributed by atoms with Gasteiger partial charge in [-0.3, -0.25) is 4.79 Å². The van der Waals surface area contributed by atoms with Crippen molar-refractivity contribution in [3.63, 3.8) is 0 Å². The van der Waals surface area contributed by atoms with E-state index in [0.29, 0.717) is 0 Å². The largest absolute Gasteiger partial charge is 0.384 e. The highest BCUT2D eigenvalue weighted by atomic mass is 16.1. The van der Waals surface area contributed by atoms with E-state index in [2.05, 4.69) is 10.6 Å². The first-order chi connectivity index (χ1) is 5.69. The van der Waals surface area contributed by atoms with Crippen molar-refractivity contribution in [2.45, 2.75) is 25.3 Å². The van der Waals surface area contributed by atoms with Crippen LogP contribution in [0.2, 0.25) is 0 Å². The maximum atomic E-state index is 11.5. The van der Waals surface area contributed by atoms with Crippen molar-refractivity contribution >= 4 is 5.91 Å². The Labute approximate surface area is 72.2 Å². The number of rotatable bonds is 1. The van der Waals surface area contributed by atoms with Gasteiger partial charge in [0.25, 0.3) is 0 Å². The molecule has 1 amide bonds. The summed E-state index contributed by atoms with van der Waals surface area (Å²) >= 11 is 0. The molecule has 0 radical (unpaired) electrons. The highest BCUT2D eigenvalue weighted by Gasteiger charge is 2.55. The Bertz CT molecular complexity index is 253. The van der Waals surface area contributed by atoms with Gasteiger partial charge in [-0.05, 0) is 31.5 Å². The molecule has 1 aliphatic carbocycles. The summed E-state index contributed by atoms with van der Waals surface area (Å²) < 4.78 is 0. The Balaban J connectivity index is 2.21. The lowest BCUT2D eigenvalue weighted by Gasteiger charge is -2.18. The molecule has 3 nitrogen and oxygen atoms in total. The smallest absolute Gasteiger partial charge is 0.229 e. The van der Waals surface area contributed by atoms with E-state index in [1.165, 1.54) is 0 Å². The summed E-state index contributed by atoms with van der Waals surface area (Å²) in [5.74, 6) is 0.216. The van der Waals surface area contributed by atoms with Crippen LogP contribution in [0.3, 0.4) is 0 Å². The topological polar surface area (TPSA) is 41.1 Å². The molecule has 0 bridgehead atoms. The quantitative estimate of drug-likeness (QED) is 0.591. The van der Waals surface area contributed by atoms with Gasteiger partial charge in [0.1, 0.15) is 0 Å². The molecule has 0 saturated heterocycles. The normalized spacial score (nSPS) is 29.5. The van der Waals surface area contributed by atoms with Crippen LogP contribution in [0.4, 0.5) is 0 Å². The summed E-state index contributed by atoms with van der Waals surface area (Å²) in [5.41, 5.74) is 1.26. The van der Waals surface area contributed by atoms with Gasteiger partial charge in [-0.1, -0.05) is 0 Å². The van der Waals surface area contributed by atoms with E-state index in [-0.39, 0.29) is 17.4 Å². The molecule has 3 heteroatoms. The van der Waals surface area contributed by atoms with Crippen molar-refractivity contribution in [1.82, 2.24) is 10.6 Å². The molecule has 66 valence electrons. The second-order valence-electron chi connectivity index (χ2n) is 3.74. The summed E-state index contributed by atoms with van der Waals surface area (Å²) in [6, 6.07) is 0. The minimum atomic E-state index is 0.0718. The zero-order valence-corrected chi connectivity index (χ0v) is 7.48. The summed E-state index contributed by atoms with van der Waals surface area (Å²) in [5, 5.41) is 6.01. The molecule has 12 heavy (non-hydrogen) atoms. The molecular weight excluding hydrogens is 152 g/mol. The van der Waals surface area contributed by atoms with E-state index >= 15 is 0 Å². The average Bonchev–Trinajstić information content (AvgIpc) is 2.74. The van der Waals surface area contributed by atoms with Gasteiger partial charge in [-0.25, -0.2) is 0 Å². The minimum absolute atomic E-state index is 0.0718. The van der Waals surface area contributed by atoms with E-state index in [9.17, 15) is 4.79 Å². The van der Waals surface area contributed by atoms with Gasteiger partial charge in [0.15, 0.2) is 0 Å². The van der Waals surface area contributed by atoms with Crippen LogP contribution in [-0.2, 0) is 4.79 Å². The van der Waals surface area contributed by atoms with E-state index in [4.69, 9.17) is 0 Å². The monoisotopic (exact) mass is 166 g/mol. The van der Waals surface area contributed by atoms with Gasteiger partial charge in [-0.2, -0.15) is 0 Å². The highest BCUT2D eigenvalue weighted by molar-refractivity contribution is 5.84. The number of amides is 1. The molecule has 2 rings (SSSR count). The lowest BCUT2D eigenvalue weighted by Crippen LogP contribution is -2.40. The van der Waals surface area contributed by atoms with E-state index in [1.54, 1.807) is 7.05 Å². The number of hydrogen-bond acceptors (Lipinski definition) is 2. The van der Waals surface area contributed by atoms with Crippen LogP contribution in [0.15, 0.2) is 11.8 Å². The lowest BCUT2D eigenvalue weighted by molar-refractivity contribution is -0.124. The van der Waals surface area contributed by atoms with Crippen LogP contribution in [0, 0.1) is 5.92 Å². The lowest BCUT2D eigenvalue weighted by atomic mass is 9.93. The molecule has 1 fully saturated rings. The van der Waals surface area contributed by atoms with Gasteiger partial charge >= 0.3 is 0 Å². The Morgan fingerprint density at radius 2 is 2.42 bits per heavy atom. The molecule has 2 aliphatic rings. The SMILES string of the molecule is CNC(=O)C1C(C)=CNC12CC2. The van der Waals surface area contributed by atoms with Gasteiger partial charge in [0.05, 0.1) is 11.5 Å². The van der Waals surface area contributed by atoms with Crippen molar-refractivity contribution < 1.29 is 4.79 Å². The molecule has 1 saturated carbocycles. The Hall–Kier alpha value is -0.990. The van der Waals surface area contributed by atoms with Gasteiger partial charge in [0.2, 0.25) is 5.91 Å². The van der Waals surface area contributed by atoms with Crippen molar-refractivity contribution in [2.75, 3.05) is 7.05 Å². The molecule has 1 atom stereocenters. The zero-order chi connectivity index (χ0) is 8.77. The number of hydrogen-bond donors (Lipinski definition) is 2. The van der Waals surface area contributed by atoms with Gasteiger partial charge < -0.3 is 10.6 Å². The fourth-order valence-corrected chi connectivity index (χ4v) is 2.03. The fourth-order valence-electron chi connectivity index (χ4n) is 2.03. The van der Waals surface area contributed by atoms with E-state index in [1.807, 2.05) is 13.1 Å². The second-order valence-corrected chi connectivity index (χ2v) is 3.74. The zero-order valence-electron chi connectivity index (χ0n) is 7.48. The summed E-state index contributed by atoms with van der Waals surface area (Å²) in [4.78, 5) is 11.5. The second kappa shape index (κ2) is 2.25. The fraction of sp³-hybridized carbons (Fsp3) is 0.667. The maximum absolute atomic E-state index is 11.5. The van der Waals surface area contributed by atoms with Gasteiger partial charge in [0, 0.05) is 7.05 Å². The Morgan fingerprint density at radius 3 is 2.92 bits per heavy atom. The standard InChI is InChI=1S/C9H14N2O/c1-6-5-11-9(3-4-9)7(6)8(12)10-2/h5,7,11H,3-4H2,1-2H3,(H,10,12). The van der Waals surface area contributed by atoms with Crippen molar-refractivity contribution in [1.29, 1.82) is 0 Å². The first-order valence-corrected chi connectivity index (χ1v) is 4.35. The maximum Gasteiger partial charge on any atom is 0.229 e. The molecule has 0 aromatic heterocycles. The van der Waals surface area contributed by atoms with Gasteiger partial charge in [-0.15, -0.1) is 0 Å². The first kappa shape index (κ1) is 7.65. The van der Waals surface area contributed by atoms with E-state index in [0.717, 1.165) is 18.4 Å². The summed E-state index contributed by atoms with van der Waals surface area (Å²) in [7, 11) is 1.70. The van der Waals surface area contributed by atoms with Crippen molar-refractivity contribution in [3.8, 4) is 0 Å². The van der Waals surface area contributed by atoms with Crippen LogP contribution in [0.25, 0.3) is 0 Å². The van der Waals surface area contributed by atoms with Crippen LogP contribution in [0.5, 0.6) is 0 Å². The Morgan fingerprint density at radius 1 is 1.75 bits per heavy atom. The molecule has 1 unspecified atom stereocenters. The van der Waals surface area contributed by atoms with Crippen molar-refractivity contribution in [3.05, 3.63) is 11.8 Å². The summed E-state index contributed by atoms with van der Waals surface area (Å²) in [6.07, 6.45) is 4.23. The van der Waals surface area contributed by atoms with E-state index < -0.39 is 0 Å². The molecule has 0 aromatic rings. The molecule has 0 aromatic carbocycles. The molecule has 1 heterocycles. The third-order valence-electron chi connectivity index (χ3n) is 2.89. The summed E-state index contributed by atoms with van der Waals surface area (Å²) in [6.45, 7) is 2.01. The molecule has 1 spiro atoms. The minimum Gasteiger partial charge on any atom is -0.384 e. The average molecular weight is 166 g/mol. The van der Waals surface area contributed by atoms with Crippen LogP contribution in [-0.4, -0.2) is 18.5 Å². The Kier molecular flexibility index (Phi) is 1.43. The molecule has 2 N–H and O–H groups in total. The van der Waals surface area contributed by atoms with Crippen LogP contribution < -0.4 is 10.6 Å². The highest BCUT2D eigenvalue weighted by Crippen LogP contribution is 2.48. The number of nitrogens with one attached hydrogen (secondary N) is 2. The molecule has 1 aliphatic heterocycles. The number of carbonyl (C=O) groups excluding carboxylic acids is 1. The van der Waals surface area contributed by atoms with Crippen LogP contribution >= 0.6 is 0 Å². The van der Waals surface area contributed by atoms with Crippen LogP contribution in [0.1, 0.15) is 19.8 Å². The predicted octanol–water partition coefficient (Wildman–Crippen LogP) is 0.388. The first-order valence-electron chi connectivity index (χ1n) is 4.35. The van der Waals surface area contributed by atoms with Crippen molar-refractivity contribution in [2.24, 2.45) is 5.92 Å². The third-order valence-corrected chi connectivity index (χ3v) is 2.89. The number of carbonyl (C=O) groups is 1. The predicted molar refractivity (Wildman–Crippen MR) is 46.4 cm³/mol. The third kappa shape index (κ3) is 0.854. The molecular formula is C9H14N2O.